The van der Waals surface area contributed by atoms with Crippen LogP contribution in [0.5, 0.6) is 0 Å². The van der Waals surface area contributed by atoms with Gasteiger partial charge in [-0.15, -0.1) is 12.4 Å². The molecule has 8 N–H and O–H groups in total. The predicted octanol–water partition coefficient (Wildman–Crippen LogP) is 7.40. The number of carboxylic acid groups (broad SMARTS) is 1. The Hall–Kier alpha value is -7.48. The lowest BCUT2D eigenvalue weighted by Gasteiger charge is -2.26. The van der Waals surface area contributed by atoms with Crippen molar-refractivity contribution < 1.29 is 42.7 Å². The average Bonchev–Trinajstić information content (AvgIpc) is 3.22. The molecule has 12 rings (SSSR count). The summed E-state index contributed by atoms with van der Waals surface area (Å²) >= 11 is 13.3. The molecule has 4 fully saturated rings. The number of hydrogen-bond donors (Lipinski definition) is 6. The first-order chi connectivity index (χ1) is 38.8. The minimum atomic E-state index is -1.03. The molecule has 8 heterocycles. The maximum Gasteiger partial charge on any atom is 0.325 e. The third-order valence-corrected chi connectivity index (χ3v) is 14.9. The zero-order valence-electron chi connectivity index (χ0n) is 43.5. The van der Waals surface area contributed by atoms with Crippen LogP contribution in [0.2, 0.25) is 0 Å². The number of piperidine rings is 2. The Morgan fingerprint density at radius 3 is 1.56 bits per heavy atom. The van der Waals surface area contributed by atoms with Crippen molar-refractivity contribution in [1.29, 1.82) is 0 Å². The summed E-state index contributed by atoms with van der Waals surface area (Å²) in [6.07, 6.45) is 9.79. The largest absolute Gasteiger partial charge is 0.480 e. The Morgan fingerprint density at radius 1 is 0.667 bits per heavy atom. The summed E-state index contributed by atoms with van der Waals surface area (Å²) in [5, 5.41) is 27.3. The van der Waals surface area contributed by atoms with Crippen molar-refractivity contribution in [3.05, 3.63) is 118 Å². The van der Waals surface area contributed by atoms with Crippen molar-refractivity contribution in [1.82, 2.24) is 59.7 Å². The number of benzene rings is 2. The molecule has 2 saturated heterocycles. The van der Waals surface area contributed by atoms with E-state index in [9.17, 15) is 37.5 Å². The minimum absolute atomic E-state index is 0. The molecule has 440 valence electrons. The van der Waals surface area contributed by atoms with Gasteiger partial charge in [0.2, 0.25) is 29.6 Å². The first kappa shape index (κ1) is 65.7. The third kappa shape index (κ3) is 14.9. The first-order valence-electron chi connectivity index (χ1n) is 24.7. The van der Waals surface area contributed by atoms with Gasteiger partial charge in [-0.2, -0.15) is 23.7 Å². The smallest absolute Gasteiger partial charge is 0.325 e. The van der Waals surface area contributed by atoms with Gasteiger partial charge in [-0.1, -0.05) is 19.6 Å². The molecule has 8 aromatic rings. The highest BCUT2D eigenvalue weighted by molar-refractivity contribution is 9.10. The van der Waals surface area contributed by atoms with Gasteiger partial charge >= 0.3 is 5.97 Å². The summed E-state index contributed by atoms with van der Waals surface area (Å²) < 4.78 is 29.4. The van der Waals surface area contributed by atoms with E-state index in [1.807, 2.05) is 12.1 Å². The SMILES string of the molecule is C.CC(=O)c1nn(CC(=O)N2[C@@H]3C[C@@H]3C[C@H]2C(=O)Nc2ccc(F)c(Br)n2)c2ccc(-c3cnc(N)nc3)cc12.CC(=O)c1nn(CC(=O)O)c2ccc(-c3cnc(N)nc3)cc12.Cl.O=C(Nc1ccc(F)c(Br)n1)[C@@H]1C[C@H]2C[C@H]2N1.S.S=S. The molecule has 2 aliphatic heterocycles. The molecule has 6 aromatic heterocycles. The summed E-state index contributed by atoms with van der Waals surface area (Å²) in [5.41, 5.74) is 15.8. The highest BCUT2D eigenvalue weighted by Gasteiger charge is 2.56. The molecule has 23 nitrogen and oxygen atoms in total. The number of anilines is 4. The van der Waals surface area contributed by atoms with Crippen LogP contribution < -0.4 is 27.4 Å². The molecule has 0 bridgehead atoms. The number of nitrogens with zero attached hydrogens (tertiary/aromatic N) is 11. The molecule has 2 aromatic carbocycles. The van der Waals surface area contributed by atoms with E-state index in [4.69, 9.17) is 16.6 Å². The van der Waals surface area contributed by atoms with E-state index in [2.05, 4.69) is 110 Å². The summed E-state index contributed by atoms with van der Waals surface area (Å²) in [7, 11) is 0. The van der Waals surface area contributed by atoms with Crippen LogP contribution in [-0.4, -0.2) is 119 Å². The second kappa shape index (κ2) is 27.9. The monoisotopic (exact) mass is 1350 g/mol. The molecular formula is C53H53Br2ClF2N16O7S3. The van der Waals surface area contributed by atoms with Gasteiger partial charge < -0.3 is 37.4 Å². The summed E-state index contributed by atoms with van der Waals surface area (Å²) in [6, 6.07) is 15.7. The van der Waals surface area contributed by atoms with E-state index in [0.29, 0.717) is 46.0 Å². The lowest BCUT2D eigenvalue weighted by molar-refractivity contribution is -0.138. The number of fused-ring (bicyclic) bond motifs is 4. The van der Waals surface area contributed by atoms with E-state index < -0.39 is 23.6 Å². The summed E-state index contributed by atoms with van der Waals surface area (Å²) in [5.74, 6) is -1.43. The van der Waals surface area contributed by atoms with Crippen molar-refractivity contribution in [3.63, 3.8) is 0 Å². The fraction of sp³-hybridized carbons (Fsp3) is 0.283. The Bertz CT molecular complexity index is 3810. The molecular weight excluding hydrogens is 1300 g/mol. The van der Waals surface area contributed by atoms with Gasteiger partial charge in [0.05, 0.1) is 17.1 Å². The second-order valence-electron chi connectivity index (χ2n) is 19.2. The van der Waals surface area contributed by atoms with E-state index in [-0.39, 0.29) is 132 Å². The number of halogens is 5. The number of aromatic nitrogens is 10. The fourth-order valence-corrected chi connectivity index (χ4v) is 10.4. The number of nitrogens with one attached hydrogen (secondary N) is 3. The molecule has 2 aliphatic carbocycles. The number of nitrogens with two attached hydrogens (primary N) is 2. The zero-order valence-corrected chi connectivity index (χ0v) is 50.1. The number of carboxylic acids is 1. The molecule has 84 heavy (non-hydrogen) atoms. The number of nitrogen functional groups attached to an aromatic ring is 2. The van der Waals surface area contributed by atoms with E-state index in [1.54, 1.807) is 54.0 Å². The van der Waals surface area contributed by atoms with Gasteiger partial charge in [-0.25, -0.2) is 38.7 Å². The number of likely N-dealkylation sites (tertiary alicyclic amines) is 1. The Morgan fingerprint density at radius 2 is 1.13 bits per heavy atom. The quantitative estimate of drug-likeness (QED) is 0.0512. The first-order valence-corrected chi connectivity index (χ1v) is 27.6. The highest BCUT2D eigenvalue weighted by atomic mass is 79.9. The van der Waals surface area contributed by atoms with Crippen LogP contribution in [0.3, 0.4) is 0 Å². The Balaban J connectivity index is 0.000000214. The standard InChI is InChI=1S/C26H22BrFN8O3.C15H13N5O3.C11H11BrFN3O.CH4.ClH.S2.H2S/c1-12(37)23-16-6-13(15-9-30-26(29)31-10-15)2-4-18(16)35(34-23)11-22(38)36-19-7-14(19)8-20(36)25(39)33-21-5-3-17(28)24(27)32-21;1-8(21)14-11-4-9(10-5-17-15(16)18-6-10)2-3-12(11)20(19-14)7-13(22)23;12-10-6(13)1-2-9(15-10)16-11(17)8-4-5-3-7(5)14-8;;;1-2;/h2-6,9-10,14,19-20H,7-8,11H2,1H3,(H2,29,30,31)(H,32,33,39);2-6H,7H2,1H3,(H,22,23)(H2,16,17,18);1-2,5,7-8,14H,3-4H2,(H,15,16,17);1H4;1H;;1H2/t14-,19-,20+;;5-,7-,8+;;;;/m1.1..../s1. The van der Waals surface area contributed by atoms with E-state index in [1.165, 1.54) is 53.9 Å². The van der Waals surface area contributed by atoms with Gasteiger partial charge in [-0.05, 0) is 129 Å². The number of amides is 3. The molecule has 0 radical (unpaired) electrons. The molecule has 6 atom stereocenters. The predicted molar refractivity (Wildman–Crippen MR) is 329 cm³/mol. The number of rotatable bonds is 12. The second-order valence-corrected chi connectivity index (χ2v) is 20.7. The summed E-state index contributed by atoms with van der Waals surface area (Å²) in [6.45, 7) is 2.37. The lowest BCUT2D eigenvalue weighted by Crippen LogP contribution is -2.46. The number of pyridine rings is 2. The van der Waals surface area contributed by atoms with Crippen LogP contribution in [0.15, 0.2) is 94.7 Å². The fourth-order valence-electron chi connectivity index (χ4n) is 9.76. The van der Waals surface area contributed by atoms with E-state index in [0.717, 1.165) is 35.1 Å². The Kier molecular flexibility index (Phi) is 21.8. The number of Topliss-reactive ketones (excluding diaryl/α,β-unsaturated/α-hetero) is 2. The molecule has 0 unspecified atom stereocenters. The van der Waals surface area contributed by atoms with Crippen LogP contribution in [-0.2, 0) is 54.6 Å². The maximum atomic E-state index is 13.6. The number of hydrogen-bond acceptors (Lipinski definition) is 19. The zero-order chi connectivity index (χ0) is 58.0. The van der Waals surface area contributed by atoms with Crippen molar-refractivity contribution in [3.8, 4) is 22.3 Å². The number of carbonyl (C=O) groups excluding carboxylic acids is 5. The number of carbonyl (C=O) groups is 6. The number of ketones is 2. The van der Waals surface area contributed by atoms with Crippen molar-refractivity contribution in [2.24, 2.45) is 11.8 Å². The highest BCUT2D eigenvalue weighted by Crippen LogP contribution is 2.48. The molecule has 31 heteroatoms. The van der Waals surface area contributed by atoms with Gasteiger partial charge in [0, 0.05) is 95.0 Å². The maximum absolute atomic E-state index is 13.6. The van der Waals surface area contributed by atoms with E-state index >= 15 is 0 Å². The van der Waals surface area contributed by atoms with Crippen molar-refractivity contribution >= 4 is 161 Å². The minimum Gasteiger partial charge on any atom is -0.480 e. The van der Waals surface area contributed by atoms with Crippen LogP contribution in [0.1, 0.15) is 67.9 Å². The van der Waals surface area contributed by atoms with Gasteiger partial charge in [0.1, 0.15) is 51.4 Å². The topological polar surface area (TPSA) is 327 Å². The van der Waals surface area contributed by atoms with Crippen molar-refractivity contribution in [2.75, 3.05) is 22.1 Å². The average molecular weight is 1360 g/mol. The lowest BCUT2D eigenvalue weighted by atomic mass is 10.0. The van der Waals surface area contributed by atoms with Gasteiger partial charge in [0.25, 0.3) is 0 Å². The van der Waals surface area contributed by atoms with Gasteiger partial charge in [0.15, 0.2) is 23.2 Å². The van der Waals surface area contributed by atoms with Gasteiger partial charge in [-0.3, -0.25) is 38.1 Å². The van der Waals surface area contributed by atoms with Crippen LogP contribution in [0.25, 0.3) is 44.1 Å². The summed E-state index contributed by atoms with van der Waals surface area (Å²) in [4.78, 5) is 99.1. The normalized spacial score (nSPS) is 18.2. The molecule has 4 aliphatic rings. The third-order valence-electron chi connectivity index (χ3n) is 13.7. The molecule has 2 saturated carbocycles. The van der Waals surface area contributed by atoms with Crippen molar-refractivity contribution in [2.45, 2.75) is 84.2 Å². The molecule has 0 spiro atoms. The van der Waals surface area contributed by atoms with Crippen LogP contribution in [0.4, 0.5) is 32.3 Å². The van der Waals surface area contributed by atoms with Crippen LogP contribution >= 0.6 is 57.8 Å². The van der Waals surface area contributed by atoms with Crippen LogP contribution in [0, 0.1) is 23.5 Å². The Labute approximate surface area is 517 Å². The molecule has 3 amide bonds. The number of aliphatic carboxylic acids is 1.